The zero-order valence-corrected chi connectivity index (χ0v) is 14.3. The van der Waals surface area contributed by atoms with Crippen molar-refractivity contribution in [3.05, 3.63) is 35.4 Å². The monoisotopic (exact) mass is 341 g/mol. The summed E-state index contributed by atoms with van der Waals surface area (Å²) in [6.07, 6.45) is 0.845. The van der Waals surface area contributed by atoms with Gasteiger partial charge in [-0.05, 0) is 23.5 Å². The van der Waals surface area contributed by atoms with Crippen LogP contribution >= 0.6 is 15.9 Å². The van der Waals surface area contributed by atoms with Crippen molar-refractivity contribution in [3.8, 4) is 0 Å². The summed E-state index contributed by atoms with van der Waals surface area (Å²) in [5, 5.41) is 3.89. The summed E-state index contributed by atoms with van der Waals surface area (Å²) in [5.74, 6) is -0.0291. The minimum Gasteiger partial charge on any atom is -0.383 e. The lowest BCUT2D eigenvalue weighted by Crippen LogP contribution is -2.39. The van der Waals surface area contributed by atoms with Crippen LogP contribution < -0.4 is 5.32 Å². The van der Waals surface area contributed by atoms with Gasteiger partial charge >= 0.3 is 0 Å². The van der Waals surface area contributed by atoms with E-state index in [1.165, 1.54) is 0 Å². The van der Waals surface area contributed by atoms with Gasteiger partial charge in [0, 0.05) is 18.0 Å². The molecule has 1 rings (SSSR count). The molecule has 0 bridgehead atoms. The number of hydrogen-bond acceptors (Lipinski definition) is 2. The van der Waals surface area contributed by atoms with E-state index in [1.54, 1.807) is 7.11 Å². The average Bonchev–Trinajstić information content (AvgIpc) is 2.38. The molecule has 0 saturated heterocycles. The third kappa shape index (κ3) is 4.91. The van der Waals surface area contributed by atoms with E-state index >= 15 is 0 Å². The number of rotatable bonds is 6. The van der Waals surface area contributed by atoms with Gasteiger partial charge in [-0.1, -0.05) is 54.9 Å². The van der Waals surface area contributed by atoms with Crippen molar-refractivity contribution in [1.29, 1.82) is 0 Å². The maximum absolute atomic E-state index is 12.5. The Balaban J connectivity index is 2.92. The molecule has 3 nitrogen and oxygen atoms in total. The van der Waals surface area contributed by atoms with Crippen LogP contribution in [0.3, 0.4) is 0 Å². The number of carbonyl (C=O) groups excluding carboxylic acids is 1. The molecular weight excluding hydrogens is 318 g/mol. The highest BCUT2D eigenvalue weighted by Crippen LogP contribution is 2.25. The molecule has 0 aliphatic rings. The summed E-state index contributed by atoms with van der Waals surface area (Å²) < 4.78 is 5.16. The zero-order valence-electron chi connectivity index (χ0n) is 12.7. The molecular formula is C16H24BrNO2. The second-order valence-corrected chi connectivity index (χ2v) is 6.69. The summed E-state index contributed by atoms with van der Waals surface area (Å²) in [6.45, 7) is 6.87. The Bertz CT molecular complexity index is 434. The predicted octanol–water partition coefficient (Wildman–Crippen LogP) is 3.51. The number of benzene rings is 1. The molecule has 1 N–H and O–H groups in total. The van der Waals surface area contributed by atoms with Gasteiger partial charge in [0.15, 0.2) is 0 Å². The third-order valence-electron chi connectivity index (χ3n) is 3.14. The lowest BCUT2D eigenvalue weighted by molar-refractivity contribution is 0.0893. The average molecular weight is 342 g/mol. The van der Waals surface area contributed by atoms with Crippen molar-refractivity contribution in [1.82, 2.24) is 5.32 Å². The smallest absolute Gasteiger partial charge is 0.251 e. The summed E-state index contributed by atoms with van der Waals surface area (Å²) in [5.41, 5.74) is 1.75. The number of carbonyl (C=O) groups is 1. The van der Waals surface area contributed by atoms with E-state index < -0.39 is 0 Å². The molecule has 1 atom stereocenters. The largest absolute Gasteiger partial charge is 0.383 e. The van der Waals surface area contributed by atoms with Crippen molar-refractivity contribution in [2.45, 2.75) is 38.6 Å². The first-order valence-corrected chi connectivity index (χ1v) is 7.97. The summed E-state index contributed by atoms with van der Waals surface area (Å²) in [6, 6.07) is 7.81. The molecule has 0 heterocycles. The fraction of sp³-hybridized carbons (Fsp3) is 0.562. The molecule has 0 spiro atoms. The van der Waals surface area contributed by atoms with Gasteiger partial charge in [-0.25, -0.2) is 0 Å². The van der Waals surface area contributed by atoms with Crippen molar-refractivity contribution >= 4 is 21.8 Å². The molecule has 20 heavy (non-hydrogen) atoms. The molecule has 0 saturated carbocycles. The number of amides is 1. The highest BCUT2D eigenvalue weighted by Gasteiger charge is 2.22. The van der Waals surface area contributed by atoms with Crippen LogP contribution in [0.4, 0.5) is 0 Å². The third-order valence-corrected chi connectivity index (χ3v) is 3.60. The van der Waals surface area contributed by atoms with E-state index in [-0.39, 0.29) is 17.4 Å². The fourth-order valence-corrected chi connectivity index (χ4v) is 2.68. The van der Waals surface area contributed by atoms with Crippen LogP contribution in [0.25, 0.3) is 0 Å². The molecule has 0 aromatic heterocycles. The molecule has 1 amide bonds. The molecule has 4 heteroatoms. The zero-order chi connectivity index (χ0) is 15.2. The Morgan fingerprint density at radius 3 is 2.55 bits per heavy atom. The van der Waals surface area contributed by atoms with Crippen LogP contribution in [-0.2, 0) is 10.2 Å². The quantitative estimate of drug-likeness (QED) is 0.804. The van der Waals surface area contributed by atoms with Crippen LogP contribution in [0.1, 0.15) is 43.1 Å². The minimum absolute atomic E-state index is 0.0277. The van der Waals surface area contributed by atoms with E-state index in [1.807, 2.05) is 24.3 Å². The highest BCUT2D eigenvalue weighted by atomic mass is 79.9. The Labute approximate surface area is 130 Å². The van der Waals surface area contributed by atoms with Gasteiger partial charge < -0.3 is 10.1 Å². The van der Waals surface area contributed by atoms with Gasteiger partial charge in [0.2, 0.25) is 0 Å². The molecule has 1 aromatic carbocycles. The highest BCUT2D eigenvalue weighted by molar-refractivity contribution is 9.09. The first-order valence-electron chi connectivity index (χ1n) is 6.85. The van der Waals surface area contributed by atoms with Gasteiger partial charge in [-0.15, -0.1) is 0 Å². The van der Waals surface area contributed by atoms with Gasteiger partial charge in [0.25, 0.3) is 5.91 Å². The number of alkyl halides is 1. The van der Waals surface area contributed by atoms with E-state index in [0.29, 0.717) is 6.61 Å². The van der Waals surface area contributed by atoms with E-state index in [0.717, 1.165) is 22.9 Å². The molecule has 0 radical (unpaired) electrons. The maximum atomic E-state index is 12.5. The number of hydrogen-bond donors (Lipinski definition) is 1. The minimum atomic E-state index is -0.0554. The van der Waals surface area contributed by atoms with E-state index in [2.05, 4.69) is 42.0 Å². The second kappa shape index (κ2) is 7.79. The lowest BCUT2D eigenvalue weighted by Gasteiger charge is -2.24. The Hall–Kier alpha value is -0.870. The van der Waals surface area contributed by atoms with Crippen LogP contribution in [0.15, 0.2) is 24.3 Å². The van der Waals surface area contributed by atoms with Crippen molar-refractivity contribution in [3.63, 3.8) is 0 Å². The van der Waals surface area contributed by atoms with Gasteiger partial charge in [0.1, 0.15) is 0 Å². The normalized spacial score (nSPS) is 13.1. The Morgan fingerprint density at radius 2 is 2.00 bits per heavy atom. The maximum Gasteiger partial charge on any atom is 0.251 e. The Kier molecular flexibility index (Phi) is 6.69. The molecule has 0 fully saturated rings. The number of halogens is 1. The van der Waals surface area contributed by atoms with Crippen LogP contribution in [0, 0.1) is 0 Å². The summed E-state index contributed by atoms with van der Waals surface area (Å²) in [4.78, 5) is 12.5. The van der Waals surface area contributed by atoms with Gasteiger partial charge in [-0.3, -0.25) is 4.79 Å². The predicted molar refractivity (Wildman–Crippen MR) is 86.7 cm³/mol. The van der Waals surface area contributed by atoms with Gasteiger partial charge in [-0.2, -0.15) is 0 Å². The number of methoxy groups -OCH3 is 1. The van der Waals surface area contributed by atoms with Crippen molar-refractivity contribution in [2.75, 3.05) is 19.0 Å². The van der Waals surface area contributed by atoms with Crippen molar-refractivity contribution < 1.29 is 9.53 Å². The first-order chi connectivity index (χ1) is 9.40. The second-order valence-electron chi connectivity index (χ2n) is 5.90. The topological polar surface area (TPSA) is 38.3 Å². The summed E-state index contributed by atoms with van der Waals surface area (Å²) in [7, 11) is 1.65. The molecule has 1 unspecified atom stereocenters. The molecule has 0 aliphatic carbocycles. The fourth-order valence-electron chi connectivity index (χ4n) is 2.13. The van der Waals surface area contributed by atoms with Crippen molar-refractivity contribution in [2.24, 2.45) is 0 Å². The SMILES string of the molecule is COCC(CCBr)NC(=O)c1ccccc1C(C)(C)C. The number of ether oxygens (including phenoxy) is 1. The van der Waals surface area contributed by atoms with Crippen LogP contribution in [0.5, 0.6) is 0 Å². The molecule has 1 aromatic rings. The van der Waals surface area contributed by atoms with Gasteiger partial charge in [0.05, 0.1) is 12.6 Å². The standard InChI is InChI=1S/C16H24BrNO2/c1-16(2,3)14-8-6-5-7-13(14)15(19)18-12(9-10-17)11-20-4/h5-8,12H,9-11H2,1-4H3,(H,18,19). The lowest BCUT2D eigenvalue weighted by atomic mass is 9.83. The van der Waals surface area contributed by atoms with E-state index in [9.17, 15) is 4.79 Å². The summed E-state index contributed by atoms with van der Waals surface area (Å²) >= 11 is 3.41. The van der Waals surface area contributed by atoms with E-state index in [4.69, 9.17) is 4.74 Å². The Morgan fingerprint density at radius 1 is 1.35 bits per heavy atom. The molecule has 0 aliphatic heterocycles. The molecule has 112 valence electrons. The number of nitrogens with one attached hydrogen (secondary N) is 1. The van der Waals surface area contributed by atoms with Crippen LogP contribution in [0.2, 0.25) is 0 Å². The van der Waals surface area contributed by atoms with Crippen LogP contribution in [-0.4, -0.2) is 31.0 Å². The first kappa shape index (κ1) is 17.2.